The minimum Gasteiger partial charge on any atom is -0.371 e. The van der Waals surface area contributed by atoms with Gasteiger partial charge in [-0.25, -0.2) is 8.42 Å². The Labute approximate surface area is 185 Å². The van der Waals surface area contributed by atoms with Gasteiger partial charge in [0.15, 0.2) is 9.84 Å². The summed E-state index contributed by atoms with van der Waals surface area (Å²) in [5, 5.41) is 6.52. The lowest BCUT2D eigenvalue weighted by atomic mass is 10.0. The highest BCUT2D eigenvalue weighted by Crippen LogP contribution is 2.22. The van der Waals surface area contributed by atoms with Gasteiger partial charge in [0.05, 0.1) is 17.9 Å². The highest BCUT2D eigenvalue weighted by molar-refractivity contribution is 7.91. The Morgan fingerprint density at radius 3 is 2.26 bits per heavy atom. The first-order valence-corrected chi connectivity index (χ1v) is 12.9. The van der Waals surface area contributed by atoms with E-state index in [-0.39, 0.29) is 17.7 Å². The predicted molar refractivity (Wildman–Crippen MR) is 124 cm³/mol. The number of carbonyl (C=O) groups excluding carboxylic acids is 1. The van der Waals surface area contributed by atoms with E-state index >= 15 is 0 Å². The number of nitrogens with one attached hydrogen (secondary N) is 2. The minimum atomic E-state index is -2.83. The van der Waals surface area contributed by atoms with Crippen molar-refractivity contribution in [2.24, 2.45) is 0 Å². The average Bonchev–Trinajstić information content (AvgIpc) is 3.12. The van der Waals surface area contributed by atoms with Crippen LogP contribution in [0.1, 0.15) is 30.4 Å². The number of nitrogens with zero attached hydrogens (tertiary/aromatic N) is 1. The van der Waals surface area contributed by atoms with E-state index in [1.807, 2.05) is 42.5 Å². The third-order valence-electron chi connectivity index (χ3n) is 6.20. The summed E-state index contributed by atoms with van der Waals surface area (Å²) in [5.74, 6) is 0.630. The summed E-state index contributed by atoms with van der Waals surface area (Å²) < 4.78 is 23.3. The molecule has 2 heterocycles. The second-order valence-corrected chi connectivity index (χ2v) is 10.9. The molecule has 0 aliphatic carbocycles. The van der Waals surface area contributed by atoms with E-state index in [0.29, 0.717) is 24.8 Å². The Hall–Kier alpha value is -2.38. The number of amides is 1. The van der Waals surface area contributed by atoms with Crippen molar-refractivity contribution in [2.45, 2.75) is 44.3 Å². The summed E-state index contributed by atoms with van der Waals surface area (Å²) in [5.41, 5.74) is 3.28. The number of sulfone groups is 1. The van der Waals surface area contributed by atoms with E-state index in [1.165, 1.54) is 5.69 Å². The number of anilines is 1. The van der Waals surface area contributed by atoms with Gasteiger partial charge in [-0.1, -0.05) is 42.5 Å². The average molecular weight is 442 g/mol. The van der Waals surface area contributed by atoms with Gasteiger partial charge in [-0.05, 0) is 42.5 Å². The Balaban J connectivity index is 1.21. The van der Waals surface area contributed by atoms with E-state index in [2.05, 4.69) is 27.7 Å². The molecule has 2 aliphatic rings. The fourth-order valence-electron chi connectivity index (χ4n) is 4.43. The van der Waals surface area contributed by atoms with Crippen molar-refractivity contribution in [1.82, 2.24) is 10.6 Å². The quantitative estimate of drug-likeness (QED) is 0.689. The van der Waals surface area contributed by atoms with E-state index in [1.54, 1.807) is 0 Å². The second kappa shape index (κ2) is 9.83. The molecule has 2 aliphatic heterocycles. The lowest BCUT2D eigenvalue weighted by Gasteiger charge is -2.35. The summed E-state index contributed by atoms with van der Waals surface area (Å²) in [6.07, 6.45) is 3.15. The molecule has 6 nitrogen and oxygen atoms in total. The van der Waals surface area contributed by atoms with Gasteiger partial charge >= 0.3 is 0 Å². The molecule has 4 rings (SSSR count). The maximum absolute atomic E-state index is 12.2. The summed E-state index contributed by atoms with van der Waals surface area (Å²) in [7, 11) is -2.83. The lowest BCUT2D eigenvalue weighted by molar-refractivity contribution is -0.120. The lowest BCUT2D eigenvalue weighted by Crippen LogP contribution is -2.46. The molecular formula is C24H31N3O3S. The Kier molecular flexibility index (Phi) is 6.92. The fraction of sp³-hybridized carbons (Fsp3) is 0.458. The van der Waals surface area contributed by atoms with Gasteiger partial charge in [0, 0.05) is 37.4 Å². The molecule has 2 saturated heterocycles. The summed E-state index contributed by atoms with van der Waals surface area (Å²) in [6.45, 7) is 2.45. The number of hydrogen-bond donors (Lipinski definition) is 2. The number of carbonyl (C=O) groups is 1. The van der Waals surface area contributed by atoms with E-state index in [9.17, 15) is 13.2 Å². The first-order chi connectivity index (χ1) is 15.0. The normalized spacial score (nSPS) is 21.2. The fourth-order valence-corrected chi connectivity index (χ4v) is 6.12. The molecule has 0 aromatic heterocycles. The minimum absolute atomic E-state index is 0.0254. The molecule has 7 heteroatoms. The van der Waals surface area contributed by atoms with Crippen LogP contribution in [-0.4, -0.2) is 51.0 Å². The van der Waals surface area contributed by atoms with Crippen LogP contribution in [0.2, 0.25) is 0 Å². The first-order valence-electron chi connectivity index (χ1n) is 11.1. The predicted octanol–water partition coefficient (Wildman–Crippen LogP) is 2.29. The Morgan fingerprint density at radius 1 is 0.903 bits per heavy atom. The van der Waals surface area contributed by atoms with Crippen molar-refractivity contribution >= 4 is 21.4 Å². The van der Waals surface area contributed by atoms with Gasteiger partial charge in [0.25, 0.3) is 0 Å². The molecule has 1 amide bonds. The second-order valence-electron chi connectivity index (χ2n) is 8.63. The zero-order valence-corrected chi connectivity index (χ0v) is 18.6. The van der Waals surface area contributed by atoms with Crippen molar-refractivity contribution in [3.8, 4) is 0 Å². The third-order valence-corrected chi connectivity index (χ3v) is 7.97. The van der Waals surface area contributed by atoms with Crippen molar-refractivity contribution in [3.63, 3.8) is 0 Å². The first kappa shape index (κ1) is 21.8. The van der Waals surface area contributed by atoms with Gasteiger partial charge in [0.1, 0.15) is 0 Å². The van der Waals surface area contributed by atoms with Crippen molar-refractivity contribution in [2.75, 3.05) is 29.5 Å². The number of hydrogen-bond acceptors (Lipinski definition) is 5. The third kappa shape index (κ3) is 6.31. The van der Waals surface area contributed by atoms with Crippen LogP contribution in [0.3, 0.4) is 0 Å². The van der Waals surface area contributed by atoms with Gasteiger partial charge in [-0.2, -0.15) is 0 Å². The molecule has 2 aromatic rings. The van der Waals surface area contributed by atoms with Crippen LogP contribution in [0.4, 0.5) is 5.69 Å². The maximum atomic E-state index is 12.2. The topological polar surface area (TPSA) is 78.5 Å². The highest BCUT2D eigenvalue weighted by atomic mass is 32.2. The monoisotopic (exact) mass is 441 g/mol. The number of piperidine rings is 1. The molecular weight excluding hydrogens is 410 g/mol. The van der Waals surface area contributed by atoms with Gasteiger partial charge in [-0.3, -0.25) is 4.79 Å². The highest BCUT2D eigenvalue weighted by Gasteiger charge is 2.30. The van der Waals surface area contributed by atoms with Crippen LogP contribution in [0.15, 0.2) is 54.6 Å². The molecule has 166 valence electrons. The van der Waals surface area contributed by atoms with Crippen LogP contribution >= 0.6 is 0 Å². The largest absolute Gasteiger partial charge is 0.371 e. The SMILES string of the molecule is O=C(Cc1ccc(N2CCC(N[C@H]3CCS(=O)(=O)C3)CC2)cc1)NCc1ccccc1. The van der Waals surface area contributed by atoms with Crippen molar-refractivity contribution < 1.29 is 13.2 Å². The molecule has 1 atom stereocenters. The van der Waals surface area contributed by atoms with Crippen LogP contribution in [-0.2, 0) is 27.6 Å². The van der Waals surface area contributed by atoms with Crippen LogP contribution in [0.25, 0.3) is 0 Å². The molecule has 0 bridgehead atoms. The molecule has 0 radical (unpaired) electrons. The maximum Gasteiger partial charge on any atom is 0.224 e. The zero-order valence-electron chi connectivity index (χ0n) is 17.8. The van der Waals surface area contributed by atoms with Gasteiger partial charge in [0.2, 0.25) is 5.91 Å². The summed E-state index contributed by atoms with van der Waals surface area (Å²) in [4.78, 5) is 14.6. The molecule has 0 saturated carbocycles. The molecule has 0 spiro atoms. The van der Waals surface area contributed by atoms with Crippen molar-refractivity contribution in [3.05, 3.63) is 65.7 Å². The van der Waals surface area contributed by atoms with E-state index in [4.69, 9.17) is 0 Å². The smallest absolute Gasteiger partial charge is 0.224 e. The summed E-state index contributed by atoms with van der Waals surface area (Å²) >= 11 is 0. The standard InChI is InChI=1S/C24H31N3O3S/c28-24(25-17-20-4-2-1-3-5-20)16-19-6-8-23(9-7-19)27-13-10-21(11-14-27)26-22-12-15-31(29,30)18-22/h1-9,21-22,26H,10-18H2,(H,25,28)/t22-/m0/s1. The Bertz CT molecular complexity index is 969. The van der Waals surface area contributed by atoms with Gasteiger partial charge < -0.3 is 15.5 Å². The van der Waals surface area contributed by atoms with Crippen LogP contribution < -0.4 is 15.5 Å². The molecule has 2 fully saturated rings. The van der Waals surface area contributed by atoms with E-state index in [0.717, 1.165) is 43.5 Å². The van der Waals surface area contributed by atoms with E-state index < -0.39 is 9.84 Å². The molecule has 2 N–H and O–H groups in total. The Morgan fingerprint density at radius 2 is 1.61 bits per heavy atom. The van der Waals surface area contributed by atoms with Crippen LogP contribution in [0.5, 0.6) is 0 Å². The molecule has 2 aromatic carbocycles. The van der Waals surface area contributed by atoms with Crippen molar-refractivity contribution in [1.29, 1.82) is 0 Å². The molecule has 0 unspecified atom stereocenters. The molecule has 31 heavy (non-hydrogen) atoms. The van der Waals surface area contributed by atoms with Crippen LogP contribution in [0, 0.1) is 0 Å². The number of benzene rings is 2. The van der Waals surface area contributed by atoms with Gasteiger partial charge in [-0.15, -0.1) is 0 Å². The zero-order chi connectivity index (χ0) is 21.7. The summed E-state index contributed by atoms with van der Waals surface area (Å²) in [6, 6.07) is 18.7. The number of rotatable bonds is 7.